The smallest absolute Gasteiger partial charge is 0.353 e. The van der Waals surface area contributed by atoms with E-state index in [-0.39, 0.29) is 19.0 Å². The van der Waals surface area contributed by atoms with E-state index in [0.29, 0.717) is 34.4 Å². The molecule has 7 heteroatoms. The number of carboxylic acids is 1. The number of rotatable bonds is 7. The molecule has 5 aromatic rings. The summed E-state index contributed by atoms with van der Waals surface area (Å²) in [4.78, 5) is 12.7. The van der Waals surface area contributed by atoms with Gasteiger partial charge >= 0.3 is 5.97 Å². The summed E-state index contributed by atoms with van der Waals surface area (Å²) in [6.45, 7) is 0.781. The van der Waals surface area contributed by atoms with Crippen LogP contribution in [-0.4, -0.2) is 22.4 Å². The summed E-state index contributed by atoms with van der Waals surface area (Å²) in [7, 11) is 0. The zero-order chi connectivity index (χ0) is 25.4. The van der Waals surface area contributed by atoms with Crippen LogP contribution in [0.1, 0.15) is 21.6 Å². The van der Waals surface area contributed by atoms with Crippen LogP contribution >= 0.6 is 11.6 Å². The summed E-state index contributed by atoms with van der Waals surface area (Å²) in [5, 5.41) is 11.7. The fourth-order valence-corrected chi connectivity index (χ4v) is 4.91. The third kappa shape index (κ3) is 4.36. The molecule has 0 spiro atoms. The minimum Gasteiger partial charge on any atom is -0.489 e. The lowest BCUT2D eigenvalue weighted by molar-refractivity contribution is 0.0687. The first-order valence-corrected chi connectivity index (χ1v) is 12.2. The fraction of sp³-hybridized carbons (Fsp3) is 0.100. The molecule has 0 unspecified atom stereocenters. The molecule has 184 valence electrons. The maximum Gasteiger partial charge on any atom is 0.353 e. The average Bonchev–Trinajstić information content (AvgIpc) is 3.50. The lowest BCUT2D eigenvalue weighted by atomic mass is 10.0. The van der Waals surface area contributed by atoms with Crippen molar-refractivity contribution in [2.75, 3.05) is 6.79 Å². The van der Waals surface area contributed by atoms with Crippen molar-refractivity contribution in [3.63, 3.8) is 0 Å². The Hall–Kier alpha value is -4.42. The molecule has 6 nitrogen and oxygen atoms in total. The van der Waals surface area contributed by atoms with Gasteiger partial charge in [0.05, 0.1) is 6.54 Å². The zero-order valence-corrected chi connectivity index (χ0v) is 20.4. The van der Waals surface area contributed by atoms with Crippen LogP contribution in [0.4, 0.5) is 0 Å². The van der Waals surface area contributed by atoms with E-state index in [9.17, 15) is 9.90 Å². The molecule has 0 atom stereocenters. The molecule has 1 aliphatic rings. The first kappa shape index (κ1) is 23.0. The molecule has 1 aliphatic heterocycles. The number of nitrogens with zero attached hydrogens (tertiary/aromatic N) is 1. The highest BCUT2D eigenvalue weighted by atomic mass is 35.5. The van der Waals surface area contributed by atoms with Crippen LogP contribution in [0.25, 0.3) is 22.0 Å². The molecule has 1 aromatic heterocycles. The molecule has 2 heterocycles. The standard InChI is InChI=1S/C30H22ClNO5/c31-24-15-27-26(36-18-37-27)13-21(24)16-32-25-12-11-22(35-17-19-7-3-1-4-8-19)14-23(25)28(29(32)30(33)34)20-9-5-2-6-10-20/h1-15H,16-18H2,(H,33,34). The van der Waals surface area contributed by atoms with Gasteiger partial charge in [-0.2, -0.15) is 0 Å². The maximum atomic E-state index is 12.7. The number of hydrogen-bond acceptors (Lipinski definition) is 4. The van der Waals surface area contributed by atoms with Gasteiger partial charge in [-0.25, -0.2) is 4.79 Å². The monoisotopic (exact) mass is 511 g/mol. The van der Waals surface area contributed by atoms with Gasteiger partial charge in [-0.15, -0.1) is 0 Å². The molecule has 0 radical (unpaired) electrons. The molecule has 4 aromatic carbocycles. The van der Waals surface area contributed by atoms with Crippen LogP contribution in [-0.2, 0) is 13.2 Å². The van der Waals surface area contributed by atoms with Crippen molar-refractivity contribution < 1.29 is 24.1 Å². The third-order valence-corrected chi connectivity index (χ3v) is 6.77. The van der Waals surface area contributed by atoms with Gasteiger partial charge < -0.3 is 23.9 Å². The molecule has 1 N–H and O–H groups in total. The van der Waals surface area contributed by atoms with Crippen LogP contribution in [0.15, 0.2) is 91.0 Å². The fourth-order valence-electron chi connectivity index (χ4n) is 4.70. The van der Waals surface area contributed by atoms with Crippen LogP contribution in [0.5, 0.6) is 17.2 Å². The van der Waals surface area contributed by atoms with E-state index in [0.717, 1.165) is 27.6 Å². The molecule has 0 saturated carbocycles. The number of aromatic nitrogens is 1. The van der Waals surface area contributed by atoms with E-state index < -0.39 is 5.97 Å². The first-order chi connectivity index (χ1) is 18.1. The minimum atomic E-state index is -1.03. The van der Waals surface area contributed by atoms with Crippen molar-refractivity contribution in [3.8, 4) is 28.4 Å². The van der Waals surface area contributed by atoms with Crippen LogP contribution in [0.2, 0.25) is 5.02 Å². The molecule has 0 saturated heterocycles. The van der Waals surface area contributed by atoms with Gasteiger partial charge in [-0.1, -0.05) is 72.3 Å². The van der Waals surface area contributed by atoms with Gasteiger partial charge in [0.2, 0.25) is 6.79 Å². The molecule has 6 rings (SSSR count). The molecule has 0 bridgehead atoms. The predicted octanol–water partition coefficient (Wildman–Crippen LogP) is 7.02. The predicted molar refractivity (Wildman–Crippen MR) is 142 cm³/mol. The summed E-state index contributed by atoms with van der Waals surface area (Å²) < 4.78 is 18.8. The number of benzene rings is 4. The van der Waals surface area contributed by atoms with Crippen molar-refractivity contribution in [3.05, 3.63) is 113 Å². The van der Waals surface area contributed by atoms with Crippen molar-refractivity contribution in [1.82, 2.24) is 4.57 Å². The average molecular weight is 512 g/mol. The highest BCUT2D eigenvalue weighted by Gasteiger charge is 2.25. The van der Waals surface area contributed by atoms with E-state index in [1.54, 1.807) is 10.6 Å². The maximum absolute atomic E-state index is 12.7. The number of carbonyl (C=O) groups is 1. The Bertz CT molecular complexity index is 1610. The van der Waals surface area contributed by atoms with E-state index in [4.69, 9.17) is 25.8 Å². The number of aromatic carboxylic acids is 1. The van der Waals surface area contributed by atoms with E-state index in [1.807, 2.05) is 84.9 Å². The number of halogens is 1. The lowest BCUT2D eigenvalue weighted by Crippen LogP contribution is -2.11. The Labute approximate surface area is 218 Å². The van der Waals surface area contributed by atoms with Crippen molar-refractivity contribution in [2.24, 2.45) is 0 Å². The van der Waals surface area contributed by atoms with Gasteiger partial charge in [0.1, 0.15) is 18.1 Å². The zero-order valence-electron chi connectivity index (χ0n) is 19.7. The molecule has 0 aliphatic carbocycles. The second-order valence-electron chi connectivity index (χ2n) is 8.73. The number of hydrogen-bond donors (Lipinski definition) is 1. The summed E-state index contributed by atoms with van der Waals surface area (Å²) in [6, 6.07) is 28.6. The van der Waals surface area contributed by atoms with Gasteiger partial charge in [0.15, 0.2) is 11.5 Å². The Morgan fingerprint density at radius 3 is 2.35 bits per heavy atom. The molecule has 0 amide bonds. The van der Waals surface area contributed by atoms with Crippen LogP contribution in [0.3, 0.4) is 0 Å². The Balaban J connectivity index is 1.49. The normalized spacial score (nSPS) is 12.1. The van der Waals surface area contributed by atoms with Crippen molar-refractivity contribution in [2.45, 2.75) is 13.2 Å². The Kier molecular flexibility index (Phi) is 5.94. The van der Waals surface area contributed by atoms with Crippen molar-refractivity contribution >= 4 is 28.5 Å². The third-order valence-electron chi connectivity index (χ3n) is 6.42. The number of fused-ring (bicyclic) bond motifs is 2. The Morgan fingerprint density at radius 1 is 0.919 bits per heavy atom. The van der Waals surface area contributed by atoms with Crippen molar-refractivity contribution in [1.29, 1.82) is 0 Å². The highest BCUT2D eigenvalue weighted by molar-refractivity contribution is 6.31. The van der Waals surface area contributed by atoms with E-state index in [1.165, 1.54) is 0 Å². The van der Waals surface area contributed by atoms with E-state index in [2.05, 4.69) is 0 Å². The van der Waals surface area contributed by atoms with Gasteiger partial charge in [-0.3, -0.25) is 0 Å². The van der Waals surface area contributed by atoms with Gasteiger partial charge in [-0.05, 0) is 41.0 Å². The second-order valence-corrected chi connectivity index (χ2v) is 9.14. The molecule has 37 heavy (non-hydrogen) atoms. The Morgan fingerprint density at radius 2 is 1.62 bits per heavy atom. The number of ether oxygens (including phenoxy) is 3. The lowest BCUT2D eigenvalue weighted by Gasteiger charge is -2.12. The highest BCUT2D eigenvalue weighted by Crippen LogP contribution is 2.40. The molecule has 0 fully saturated rings. The molecular weight excluding hydrogens is 490 g/mol. The minimum absolute atomic E-state index is 0.131. The SMILES string of the molecule is O=C(O)c1c(-c2ccccc2)c2cc(OCc3ccccc3)ccc2n1Cc1cc2c(cc1Cl)OCO2. The summed E-state index contributed by atoms with van der Waals surface area (Å²) in [6.07, 6.45) is 0. The van der Waals surface area contributed by atoms with Crippen LogP contribution in [0, 0.1) is 0 Å². The van der Waals surface area contributed by atoms with E-state index >= 15 is 0 Å². The summed E-state index contributed by atoms with van der Waals surface area (Å²) in [5.74, 6) is 0.796. The largest absolute Gasteiger partial charge is 0.489 e. The van der Waals surface area contributed by atoms with Gasteiger partial charge in [0, 0.05) is 27.6 Å². The van der Waals surface area contributed by atoms with Gasteiger partial charge in [0.25, 0.3) is 0 Å². The quantitative estimate of drug-likeness (QED) is 0.254. The summed E-state index contributed by atoms with van der Waals surface area (Å²) in [5.41, 5.74) is 4.15. The second kappa shape index (κ2) is 9.56. The first-order valence-electron chi connectivity index (χ1n) is 11.8. The number of carboxylic acid groups (broad SMARTS) is 1. The summed E-state index contributed by atoms with van der Waals surface area (Å²) >= 11 is 6.57. The van der Waals surface area contributed by atoms with Crippen LogP contribution < -0.4 is 14.2 Å². The topological polar surface area (TPSA) is 69.9 Å². The molecular formula is C30H22ClNO5.